The molecule has 2 aromatic rings. The molecule has 0 spiro atoms. The summed E-state index contributed by atoms with van der Waals surface area (Å²) in [5.74, 6) is 0.239. The second-order valence-corrected chi connectivity index (χ2v) is 4.81. The first-order valence-electron chi connectivity index (χ1n) is 6.70. The summed E-state index contributed by atoms with van der Waals surface area (Å²) in [5, 5.41) is 6.65. The van der Waals surface area contributed by atoms with E-state index in [1.165, 1.54) is 0 Å². The lowest BCUT2D eigenvalue weighted by Gasteiger charge is -2.15. The van der Waals surface area contributed by atoms with Gasteiger partial charge in [0.2, 0.25) is 0 Å². The molecule has 1 heterocycles. The van der Waals surface area contributed by atoms with Crippen molar-refractivity contribution >= 4 is 11.1 Å². The van der Waals surface area contributed by atoms with E-state index in [2.05, 4.69) is 22.5 Å². The molecular formula is C14H21N3O2. The number of H-pyrrole nitrogens is 1. The van der Waals surface area contributed by atoms with Gasteiger partial charge < -0.3 is 15.1 Å². The van der Waals surface area contributed by atoms with Crippen LogP contribution in [0, 0.1) is 5.92 Å². The second-order valence-electron chi connectivity index (χ2n) is 4.81. The Balaban J connectivity index is 1.92. The van der Waals surface area contributed by atoms with Gasteiger partial charge in [-0.05, 0) is 43.8 Å². The van der Waals surface area contributed by atoms with E-state index in [1.807, 2.05) is 25.2 Å². The van der Waals surface area contributed by atoms with Crippen molar-refractivity contribution in [2.24, 2.45) is 5.92 Å². The topological polar surface area (TPSA) is 70.1 Å². The summed E-state index contributed by atoms with van der Waals surface area (Å²) in [5.41, 5.74) is 2.51. The number of oxazole rings is 1. The first-order valence-corrected chi connectivity index (χ1v) is 6.70. The van der Waals surface area contributed by atoms with Gasteiger partial charge in [0, 0.05) is 6.54 Å². The zero-order valence-corrected chi connectivity index (χ0v) is 11.5. The number of benzene rings is 1. The van der Waals surface area contributed by atoms with Crippen molar-refractivity contribution in [3.63, 3.8) is 0 Å². The summed E-state index contributed by atoms with van der Waals surface area (Å²) in [4.78, 5) is 13.7. The smallest absolute Gasteiger partial charge is 0.408 e. The SMILES string of the molecule is CCC(CNC)CNCc1ccc2oc(=O)[nH]c2c1. The predicted molar refractivity (Wildman–Crippen MR) is 76.2 cm³/mol. The van der Waals surface area contributed by atoms with Crippen LogP contribution in [0.15, 0.2) is 27.4 Å². The van der Waals surface area contributed by atoms with Gasteiger partial charge in [0.1, 0.15) is 0 Å². The number of aromatic amines is 1. The summed E-state index contributed by atoms with van der Waals surface area (Å²) in [6.45, 7) is 5.00. The third-order valence-corrected chi connectivity index (χ3v) is 3.32. The standard InChI is InChI=1S/C14H21N3O2/c1-3-10(7-15-2)8-16-9-11-4-5-13-12(6-11)17-14(18)19-13/h4-6,10,15-16H,3,7-9H2,1-2H3,(H,17,18). The summed E-state index contributed by atoms with van der Waals surface area (Å²) < 4.78 is 4.98. The Morgan fingerprint density at radius 1 is 1.37 bits per heavy atom. The third-order valence-electron chi connectivity index (χ3n) is 3.32. The Morgan fingerprint density at radius 3 is 2.95 bits per heavy atom. The van der Waals surface area contributed by atoms with Crippen molar-refractivity contribution in [1.82, 2.24) is 15.6 Å². The number of fused-ring (bicyclic) bond motifs is 1. The summed E-state index contributed by atoms with van der Waals surface area (Å²) in [6, 6.07) is 5.76. The highest BCUT2D eigenvalue weighted by molar-refractivity contribution is 5.72. The molecule has 5 nitrogen and oxygen atoms in total. The van der Waals surface area contributed by atoms with Crippen LogP contribution in [0.1, 0.15) is 18.9 Å². The van der Waals surface area contributed by atoms with Crippen LogP contribution >= 0.6 is 0 Å². The molecule has 1 unspecified atom stereocenters. The Kier molecular flexibility index (Phi) is 4.76. The molecule has 1 aromatic carbocycles. The maximum atomic E-state index is 11.1. The summed E-state index contributed by atoms with van der Waals surface area (Å²) >= 11 is 0. The fourth-order valence-electron chi connectivity index (χ4n) is 2.18. The van der Waals surface area contributed by atoms with E-state index in [-0.39, 0.29) is 0 Å². The van der Waals surface area contributed by atoms with Crippen LogP contribution in [0.2, 0.25) is 0 Å². The Hall–Kier alpha value is -1.59. The van der Waals surface area contributed by atoms with Crippen molar-refractivity contribution in [3.8, 4) is 0 Å². The maximum absolute atomic E-state index is 11.1. The molecule has 3 N–H and O–H groups in total. The molecule has 2 rings (SSSR count). The van der Waals surface area contributed by atoms with Gasteiger partial charge in [-0.15, -0.1) is 0 Å². The Bertz CT molecular complexity index is 573. The van der Waals surface area contributed by atoms with E-state index >= 15 is 0 Å². The molecule has 1 aromatic heterocycles. The summed E-state index contributed by atoms with van der Waals surface area (Å²) in [7, 11) is 1.98. The van der Waals surface area contributed by atoms with Gasteiger partial charge in [0.05, 0.1) is 5.52 Å². The minimum Gasteiger partial charge on any atom is -0.408 e. The van der Waals surface area contributed by atoms with Crippen molar-refractivity contribution < 1.29 is 4.42 Å². The third kappa shape index (κ3) is 3.68. The normalized spacial score (nSPS) is 12.9. The first kappa shape index (κ1) is 13.8. The fourth-order valence-corrected chi connectivity index (χ4v) is 2.18. The minimum absolute atomic E-state index is 0.403. The van der Waals surface area contributed by atoms with Crippen LogP contribution in [-0.4, -0.2) is 25.1 Å². The molecular weight excluding hydrogens is 242 g/mol. The van der Waals surface area contributed by atoms with Crippen LogP contribution in [-0.2, 0) is 6.54 Å². The molecule has 19 heavy (non-hydrogen) atoms. The van der Waals surface area contributed by atoms with Gasteiger partial charge in [-0.25, -0.2) is 4.79 Å². The predicted octanol–water partition coefficient (Wildman–Crippen LogP) is 1.46. The molecule has 0 radical (unpaired) electrons. The number of hydrogen-bond donors (Lipinski definition) is 3. The van der Waals surface area contributed by atoms with E-state index in [0.29, 0.717) is 11.5 Å². The van der Waals surface area contributed by atoms with Gasteiger partial charge in [0.15, 0.2) is 5.58 Å². The van der Waals surface area contributed by atoms with Crippen molar-refractivity contribution in [2.45, 2.75) is 19.9 Å². The number of hydrogen-bond acceptors (Lipinski definition) is 4. The van der Waals surface area contributed by atoms with Crippen molar-refractivity contribution in [2.75, 3.05) is 20.1 Å². The molecule has 5 heteroatoms. The monoisotopic (exact) mass is 263 g/mol. The van der Waals surface area contributed by atoms with Crippen LogP contribution < -0.4 is 16.4 Å². The van der Waals surface area contributed by atoms with E-state index < -0.39 is 5.76 Å². The van der Waals surface area contributed by atoms with E-state index in [4.69, 9.17) is 4.42 Å². The summed E-state index contributed by atoms with van der Waals surface area (Å²) in [6.07, 6.45) is 1.15. The zero-order chi connectivity index (χ0) is 13.7. The lowest BCUT2D eigenvalue weighted by molar-refractivity contribution is 0.445. The van der Waals surface area contributed by atoms with Crippen LogP contribution in [0.25, 0.3) is 11.1 Å². The highest BCUT2D eigenvalue weighted by Gasteiger charge is 2.05. The Labute approximate surface area is 112 Å². The largest absolute Gasteiger partial charge is 0.417 e. The molecule has 0 saturated heterocycles. The maximum Gasteiger partial charge on any atom is 0.417 e. The quantitative estimate of drug-likeness (QED) is 0.707. The zero-order valence-electron chi connectivity index (χ0n) is 11.5. The number of aromatic nitrogens is 1. The van der Waals surface area contributed by atoms with Crippen LogP contribution in [0.3, 0.4) is 0 Å². The first-order chi connectivity index (χ1) is 9.22. The molecule has 0 aliphatic heterocycles. The lowest BCUT2D eigenvalue weighted by Crippen LogP contribution is -2.29. The minimum atomic E-state index is -0.403. The fraction of sp³-hybridized carbons (Fsp3) is 0.500. The molecule has 0 bridgehead atoms. The molecule has 0 amide bonds. The van der Waals surface area contributed by atoms with E-state index in [9.17, 15) is 4.79 Å². The van der Waals surface area contributed by atoms with Gasteiger partial charge in [-0.2, -0.15) is 0 Å². The average Bonchev–Trinajstić information content (AvgIpc) is 2.77. The molecule has 1 atom stereocenters. The number of nitrogens with one attached hydrogen (secondary N) is 3. The molecule has 0 aliphatic rings. The van der Waals surface area contributed by atoms with Crippen LogP contribution in [0.5, 0.6) is 0 Å². The van der Waals surface area contributed by atoms with Crippen molar-refractivity contribution in [1.29, 1.82) is 0 Å². The van der Waals surface area contributed by atoms with Crippen molar-refractivity contribution in [3.05, 3.63) is 34.3 Å². The Morgan fingerprint density at radius 2 is 2.21 bits per heavy atom. The molecule has 0 aliphatic carbocycles. The van der Waals surface area contributed by atoms with Gasteiger partial charge >= 0.3 is 5.76 Å². The van der Waals surface area contributed by atoms with Gasteiger partial charge in [0.25, 0.3) is 0 Å². The lowest BCUT2D eigenvalue weighted by atomic mass is 10.1. The second kappa shape index (κ2) is 6.54. The average molecular weight is 263 g/mol. The van der Waals surface area contributed by atoms with E-state index in [1.54, 1.807) is 0 Å². The molecule has 0 fully saturated rings. The van der Waals surface area contributed by atoms with Crippen LogP contribution in [0.4, 0.5) is 0 Å². The molecule has 0 saturated carbocycles. The van der Waals surface area contributed by atoms with Gasteiger partial charge in [-0.1, -0.05) is 19.4 Å². The van der Waals surface area contributed by atoms with E-state index in [0.717, 1.165) is 37.1 Å². The highest BCUT2D eigenvalue weighted by atomic mass is 16.4. The highest BCUT2D eigenvalue weighted by Crippen LogP contribution is 2.12. The molecule has 104 valence electrons. The van der Waals surface area contributed by atoms with Gasteiger partial charge in [-0.3, -0.25) is 4.98 Å². The number of rotatable bonds is 7.